The molecular weight excluding hydrogens is 270 g/mol. The topological polar surface area (TPSA) is 66.2 Å². The highest BCUT2D eigenvalue weighted by Gasteiger charge is 2.18. The first-order valence-corrected chi connectivity index (χ1v) is 6.32. The molecular formula is C15H13N3O3. The number of rotatable bonds is 3. The highest BCUT2D eigenvalue weighted by Crippen LogP contribution is 2.26. The van der Waals surface area contributed by atoms with Crippen LogP contribution in [-0.4, -0.2) is 35.1 Å². The van der Waals surface area contributed by atoms with Gasteiger partial charge in [0.1, 0.15) is 17.0 Å². The molecule has 0 amide bonds. The van der Waals surface area contributed by atoms with E-state index >= 15 is 0 Å². The molecule has 0 spiro atoms. The van der Waals surface area contributed by atoms with Crippen molar-refractivity contribution in [1.82, 2.24) is 15.0 Å². The quantitative estimate of drug-likeness (QED) is 0.736. The van der Waals surface area contributed by atoms with Crippen LogP contribution in [0.4, 0.5) is 0 Å². The number of aromatic nitrogens is 3. The van der Waals surface area contributed by atoms with Gasteiger partial charge in [-0.3, -0.25) is 4.79 Å². The van der Waals surface area contributed by atoms with Gasteiger partial charge in [0.25, 0.3) is 5.91 Å². The van der Waals surface area contributed by atoms with E-state index in [1.165, 1.54) is 11.8 Å². The molecule has 1 aromatic heterocycles. The number of carbonyl (C=O) groups is 1. The van der Waals surface area contributed by atoms with Crippen LogP contribution < -0.4 is 9.47 Å². The van der Waals surface area contributed by atoms with Gasteiger partial charge in [-0.05, 0) is 24.3 Å². The molecule has 106 valence electrons. The van der Waals surface area contributed by atoms with Crippen molar-refractivity contribution in [2.75, 3.05) is 14.2 Å². The number of carbonyl (C=O) groups excluding carboxylic acids is 1. The molecule has 0 aliphatic heterocycles. The van der Waals surface area contributed by atoms with E-state index in [1.54, 1.807) is 37.4 Å². The average molecular weight is 283 g/mol. The molecule has 0 aliphatic carbocycles. The van der Waals surface area contributed by atoms with Crippen LogP contribution in [-0.2, 0) is 0 Å². The monoisotopic (exact) mass is 283 g/mol. The minimum Gasteiger partial charge on any atom is -0.497 e. The molecule has 1 heterocycles. The molecule has 6 nitrogen and oxygen atoms in total. The standard InChI is InChI=1S/C15H13N3O3/c1-20-10-7-8-11(14(9-10)21-2)15(19)18-13-6-4-3-5-12(13)16-17-18/h3-9H,1-2H3. The zero-order valence-electron chi connectivity index (χ0n) is 11.6. The summed E-state index contributed by atoms with van der Waals surface area (Å²) in [6.07, 6.45) is 0. The lowest BCUT2D eigenvalue weighted by atomic mass is 10.1. The van der Waals surface area contributed by atoms with Crippen molar-refractivity contribution in [3.63, 3.8) is 0 Å². The van der Waals surface area contributed by atoms with Gasteiger partial charge in [-0.25, -0.2) is 0 Å². The summed E-state index contributed by atoms with van der Waals surface area (Å²) in [5.74, 6) is 0.744. The summed E-state index contributed by atoms with van der Waals surface area (Å²) >= 11 is 0. The Morgan fingerprint density at radius 3 is 2.67 bits per heavy atom. The van der Waals surface area contributed by atoms with E-state index in [1.807, 2.05) is 12.1 Å². The van der Waals surface area contributed by atoms with Crippen LogP contribution in [0.15, 0.2) is 42.5 Å². The smallest absolute Gasteiger partial charge is 0.283 e. The molecule has 0 fully saturated rings. The second kappa shape index (κ2) is 5.24. The van der Waals surface area contributed by atoms with E-state index < -0.39 is 0 Å². The second-order valence-corrected chi connectivity index (χ2v) is 4.36. The molecule has 3 rings (SSSR count). The summed E-state index contributed by atoms with van der Waals surface area (Å²) < 4.78 is 11.6. The maximum Gasteiger partial charge on any atom is 0.283 e. The van der Waals surface area contributed by atoms with Crippen molar-refractivity contribution in [3.05, 3.63) is 48.0 Å². The molecule has 0 atom stereocenters. The summed E-state index contributed by atoms with van der Waals surface area (Å²) in [5.41, 5.74) is 1.72. The number of methoxy groups -OCH3 is 2. The summed E-state index contributed by atoms with van der Waals surface area (Å²) in [5, 5.41) is 7.90. The number of benzene rings is 2. The Labute approximate surface area is 120 Å². The number of hydrogen-bond donors (Lipinski definition) is 0. The third-order valence-corrected chi connectivity index (χ3v) is 3.18. The zero-order chi connectivity index (χ0) is 14.8. The number of nitrogens with zero attached hydrogens (tertiary/aromatic N) is 3. The fraction of sp³-hybridized carbons (Fsp3) is 0.133. The molecule has 0 bridgehead atoms. The van der Waals surface area contributed by atoms with Crippen molar-refractivity contribution >= 4 is 16.9 Å². The molecule has 0 saturated heterocycles. The van der Waals surface area contributed by atoms with E-state index in [0.717, 1.165) is 0 Å². The van der Waals surface area contributed by atoms with Gasteiger partial charge in [0.05, 0.1) is 25.3 Å². The first-order valence-electron chi connectivity index (χ1n) is 6.32. The Bertz CT molecular complexity index is 811. The van der Waals surface area contributed by atoms with E-state index in [-0.39, 0.29) is 5.91 Å². The van der Waals surface area contributed by atoms with Crippen molar-refractivity contribution in [2.24, 2.45) is 0 Å². The van der Waals surface area contributed by atoms with Gasteiger partial charge < -0.3 is 9.47 Å². The number of fused-ring (bicyclic) bond motifs is 1. The fourth-order valence-electron chi connectivity index (χ4n) is 2.11. The minimum atomic E-state index is -0.303. The predicted molar refractivity (Wildman–Crippen MR) is 76.8 cm³/mol. The maximum atomic E-state index is 12.6. The summed E-state index contributed by atoms with van der Waals surface area (Å²) in [7, 11) is 3.06. The van der Waals surface area contributed by atoms with E-state index in [0.29, 0.717) is 28.1 Å². The zero-order valence-corrected chi connectivity index (χ0v) is 11.6. The largest absolute Gasteiger partial charge is 0.497 e. The lowest BCUT2D eigenvalue weighted by molar-refractivity contribution is 0.0945. The van der Waals surface area contributed by atoms with E-state index in [9.17, 15) is 4.79 Å². The van der Waals surface area contributed by atoms with E-state index in [2.05, 4.69) is 10.3 Å². The summed E-state index contributed by atoms with van der Waals surface area (Å²) in [6, 6.07) is 12.3. The third-order valence-electron chi connectivity index (χ3n) is 3.18. The van der Waals surface area contributed by atoms with Gasteiger partial charge in [0, 0.05) is 6.07 Å². The van der Waals surface area contributed by atoms with Crippen LogP contribution in [0.3, 0.4) is 0 Å². The van der Waals surface area contributed by atoms with Gasteiger partial charge in [-0.2, -0.15) is 4.68 Å². The molecule has 0 saturated carbocycles. The van der Waals surface area contributed by atoms with Gasteiger partial charge in [0.2, 0.25) is 0 Å². The van der Waals surface area contributed by atoms with Crippen molar-refractivity contribution in [2.45, 2.75) is 0 Å². The highest BCUT2D eigenvalue weighted by atomic mass is 16.5. The molecule has 0 radical (unpaired) electrons. The Balaban J connectivity index is 2.10. The Morgan fingerprint density at radius 2 is 1.90 bits per heavy atom. The normalized spacial score (nSPS) is 10.6. The first kappa shape index (κ1) is 13.1. The Morgan fingerprint density at radius 1 is 1.10 bits per heavy atom. The van der Waals surface area contributed by atoms with Gasteiger partial charge in [-0.15, -0.1) is 5.10 Å². The molecule has 3 aromatic rings. The van der Waals surface area contributed by atoms with Crippen LogP contribution in [0.1, 0.15) is 10.4 Å². The lowest BCUT2D eigenvalue weighted by Crippen LogP contribution is -2.14. The Kier molecular flexibility index (Phi) is 3.27. The van der Waals surface area contributed by atoms with Crippen LogP contribution in [0.25, 0.3) is 11.0 Å². The van der Waals surface area contributed by atoms with Crippen molar-refractivity contribution in [1.29, 1.82) is 0 Å². The fourth-order valence-corrected chi connectivity index (χ4v) is 2.11. The Hall–Kier alpha value is -2.89. The third kappa shape index (κ3) is 2.20. The summed E-state index contributed by atoms with van der Waals surface area (Å²) in [4.78, 5) is 12.6. The van der Waals surface area contributed by atoms with Crippen LogP contribution >= 0.6 is 0 Å². The van der Waals surface area contributed by atoms with Crippen molar-refractivity contribution < 1.29 is 14.3 Å². The van der Waals surface area contributed by atoms with E-state index in [4.69, 9.17) is 9.47 Å². The van der Waals surface area contributed by atoms with Crippen LogP contribution in [0.2, 0.25) is 0 Å². The minimum absolute atomic E-state index is 0.303. The molecule has 0 N–H and O–H groups in total. The van der Waals surface area contributed by atoms with Gasteiger partial charge in [-0.1, -0.05) is 17.3 Å². The first-order chi connectivity index (χ1) is 10.2. The molecule has 21 heavy (non-hydrogen) atoms. The predicted octanol–water partition coefficient (Wildman–Crippen LogP) is 2.14. The van der Waals surface area contributed by atoms with Gasteiger partial charge in [0.15, 0.2) is 0 Å². The number of ether oxygens (including phenoxy) is 2. The lowest BCUT2D eigenvalue weighted by Gasteiger charge is -2.09. The molecule has 0 unspecified atom stereocenters. The van der Waals surface area contributed by atoms with Crippen LogP contribution in [0.5, 0.6) is 11.5 Å². The van der Waals surface area contributed by atoms with Gasteiger partial charge >= 0.3 is 0 Å². The SMILES string of the molecule is COc1ccc(C(=O)n2nnc3ccccc32)c(OC)c1. The van der Waals surface area contributed by atoms with Crippen molar-refractivity contribution in [3.8, 4) is 11.5 Å². The highest BCUT2D eigenvalue weighted by molar-refractivity contribution is 6.02. The average Bonchev–Trinajstić information content (AvgIpc) is 2.97. The number of para-hydroxylation sites is 1. The second-order valence-electron chi connectivity index (χ2n) is 4.36. The summed E-state index contributed by atoms with van der Waals surface area (Å²) in [6.45, 7) is 0. The molecule has 6 heteroatoms. The molecule has 0 aliphatic rings. The number of hydrogen-bond acceptors (Lipinski definition) is 5. The molecule has 2 aromatic carbocycles. The maximum absolute atomic E-state index is 12.6. The van der Waals surface area contributed by atoms with Crippen LogP contribution in [0, 0.1) is 0 Å².